The smallest absolute Gasteiger partial charge is 0.216 e. The minimum atomic E-state index is -0.00407. The Morgan fingerprint density at radius 2 is 1.80 bits per heavy atom. The van der Waals surface area contributed by atoms with Crippen LogP contribution in [0.3, 0.4) is 0 Å². The summed E-state index contributed by atoms with van der Waals surface area (Å²) in [5.74, 6) is 1.96. The quantitative estimate of drug-likeness (QED) is 0.745. The normalized spacial score (nSPS) is 10.5. The molecule has 0 bridgehead atoms. The molecule has 3 rings (SSSR count). The maximum atomic E-state index is 10.9. The van der Waals surface area contributed by atoms with Crippen molar-refractivity contribution in [2.45, 2.75) is 13.3 Å². The summed E-state index contributed by atoms with van der Waals surface area (Å²) in [4.78, 5) is 15.1. The first kappa shape index (κ1) is 16.8. The molecule has 0 aliphatic heterocycles. The van der Waals surface area contributed by atoms with E-state index in [1.807, 2.05) is 24.3 Å². The molecule has 0 atom stereocenters. The average Bonchev–Trinajstić information content (AvgIpc) is 2.62. The van der Waals surface area contributed by atoms with Crippen LogP contribution in [0.4, 0.5) is 0 Å². The van der Waals surface area contributed by atoms with Gasteiger partial charge in [0.25, 0.3) is 0 Å². The van der Waals surface area contributed by atoms with Gasteiger partial charge in [0.2, 0.25) is 11.8 Å². The van der Waals surface area contributed by atoms with Crippen molar-refractivity contribution < 1.29 is 14.3 Å². The van der Waals surface area contributed by atoms with Crippen molar-refractivity contribution in [3.63, 3.8) is 0 Å². The van der Waals surface area contributed by atoms with E-state index in [-0.39, 0.29) is 5.91 Å². The Morgan fingerprint density at radius 3 is 2.52 bits per heavy atom. The lowest BCUT2D eigenvalue weighted by Crippen LogP contribution is -2.22. The topological polar surface area (TPSA) is 60.5 Å². The van der Waals surface area contributed by atoms with E-state index in [1.54, 1.807) is 19.4 Å². The lowest BCUT2D eigenvalue weighted by molar-refractivity contribution is -0.118. The van der Waals surface area contributed by atoms with Gasteiger partial charge in [-0.1, -0.05) is 24.3 Å². The summed E-state index contributed by atoms with van der Waals surface area (Å²) in [6, 6.07) is 15.8. The molecule has 128 valence electrons. The number of fused-ring (bicyclic) bond motifs is 1. The van der Waals surface area contributed by atoms with Gasteiger partial charge in [-0.25, -0.2) is 4.98 Å². The summed E-state index contributed by atoms with van der Waals surface area (Å²) < 4.78 is 10.9. The number of carbonyl (C=O) groups is 1. The Bertz CT molecular complexity index is 876. The number of amides is 1. The van der Waals surface area contributed by atoms with E-state index in [0.717, 1.165) is 22.9 Å². The molecule has 5 heteroatoms. The van der Waals surface area contributed by atoms with Gasteiger partial charge in [-0.2, -0.15) is 0 Å². The van der Waals surface area contributed by atoms with Crippen LogP contribution in [-0.2, 0) is 11.2 Å². The number of carbonyl (C=O) groups excluding carboxylic acids is 1. The number of ether oxygens (including phenoxy) is 2. The highest BCUT2D eigenvalue weighted by atomic mass is 16.5. The van der Waals surface area contributed by atoms with Crippen LogP contribution in [0.15, 0.2) is 54.7 Å². The number of hydrogen-bond acceptors (Lipinski definition) is 4. The molecule has 0 fully saturated rings. The molecule has 0 radical (unpaired) electrons. The van der Waals surface area contributed by atoms with Crippen molar-refractivity contribution in [2.75, 3.05) is 13.7 Å². The van der Waals surface area contributed by atoms with E-state index < -0.39 is 0 Å². The second-order valence-corrected chi connectivity index (χ2v) is 5.71. The molecule has 3 aromatic rings. The van der Waals surface area contributed by atoms with Gasteiger partial charge in [-0.3, -0.25) is 4.79 Å². The molecule has 0 aliphatic carbocycles. The number of nitrogens with zero attached hydrogens (tertiary/aromatic N) is 1. The standard InChI is InChI=1S/C20H20N2O3/c1-14(23)21-10-9-15-3-4-17-12-18(6-5-16(17)11-15)25-19-7-8-20(24-2)22-13-19/h3-8,11-13H,9-10H2,1-2H3,(H,21,23). The van der Waals surface area contributed by atoms with E-state index in [2.05, 4.69) is 28.5 Å². The van der Waals surface area contributed by atoms with Gasteiger partial charge in [0.05, 0.1) is 13.3 Å². The van der Waals surface area contributed by atoms with Gasteiger partial charge in [0, 0.05) is 19.5 Å². The van der Waals surface area contributed by atoms with E-state index in [0.29, 0.717) is 18.2 Å². The first-order chi connectivity index (χ1) is 12.1. The summed E-state index contributed by atoms with van der Waals surface area (Å²) in [6.07, 6.45) is 2.44. The monoisotopic (exact) mass is 336 g/mol. The lowest BCUT2D eigenvalue weighted by atomic mass is 10.0. The number of rotatable bonds is 6. The fraction of sp³-hybridized carbons (Fsp3) is 0.200. The van der Waals surface area contributed by atoms with Crippen molar-refractivity contribution in [1.29, 1.82) is 0 Å². The van der Waals surface area contributed by atoms with Crippen LogP contribution in [0.5, 0.6) is 17.4 Å². The second-order valence-electron chi connectivity index (χ2n) is 5.71. The molecule has 25 heavy (non-hydrogen) atoms. The fourth-order valence-corrected chi connectivity index (χ4v) is 2.56. The molecule has 0 spiro atoms. The molecule has 1 aromatic heterocycles. The summed E-state index contributed by atoms with van der Waals surface area (Å²) in [5, 5.41) is 5.05. The van der Waals surface area contributed by atoms with Crippen LogP contribution in [-0.4, -0.2) is 24.5 Å². The molecular weight excluding hydrogens is 316 g/mol. The third kappa shape index (κ3) is 4.47. The van der Waals surface area contributed by atoms with Crippen LogP contribution >= 0.6 is 0 Å². The number of aromatic nitrogens is 1. The first-order valence-corrected chi connectivity index (χ1v) is 8.09. The highest BCUT2D eigenvalue weighted by Gasteiger charge is 2.03. The molecular formula is C20H20N2O3. The van der Waals surface area contributed by atoms with Crippen molar-refractivity contribution >= 4 is 16.7 Å². The Kier molecular flexibility index (Phi) is 5.14. The van der Waals surface area contributed by atoms with Crippen LogP contribution < -0.4 is 14.8 Å². The number of pyridine rings is 1. The van der Waals surface area contributed by atoms with E-state index in [9.17, 15) is 4.79 Å². The van der Waals surface area contributed by atoms with E-state index in [1.165, 1.54) is 12.5 Å². The third-order valence-electron chi connectivity index (χ3n) is 3.82. The van der Waals surface area contributed by atoms with Crippen LogP contribution in [0, 0.1) is 0 Å². The number of hydrogen-bond donors (Lipinski definition) is 1. The first-order valence-electron chi connectivity index (χ1n) is 8.09. The third-order valence-corrected chi connectivity index (χ3v) is 3.82. The number of benzene rings is 2. The van der Waals surface area contributed by atoms with Gasteiger partial charge < -0.3 is 14.8 Å². The van der Waals surface area contributed by atoms with E-state index in [4.69, 9.17) is 9.47 Å². The van der Waals surface area contributed by atoms with Gasteiger partial charge in [0.15, 0.2) is 0 Å². The maximum absolute atomic E-state index is 10.9. The van der Waals surface area contributed by atoms with Crippen molar-refractivity contribution in [1.82, 2.24) is 10.3 Å². The predicted molar refractivity (Wildman–Crippen MR) is 97.2 cm³/mol. The molecule has 5 nitrogen and oxygen atoms in total. The number of methoxy groups -OCH3 is 1. The Balaban J connectivity index is 1.72. The SMILES string of the molecule is COc1ccc(Oc2ccc3cc(CCNC(C)=O)ccc3c2)cn1. The highest BCUT2D eigenvalue weighted by molar-refractivity contribution is 5.84. The molecule has 0 saturated carbocycles. The molecule has 1 heterocycles. The summed E-state index contributed by atoms with van der Waals surface area (Å²) in [5.41, 5.74) is 1.19. The molecule has 1 amide bonds. The van der Waals surface area contributed by atoms with Gasteiger partial charge in [-0.15, -0.1) is 0 Å². The summed E-state index contributed by atoms with van der Waals surface area (Å²) in [6.45, 7) is 2.17. The fourth-order valence-electron chi connectivity index (χ4n) is 2.56. The molecule has 0 unspecified atom stereocenters. The van der Waals surface area contributed by atoms with Crippen LogP contribution in [0.25, 0.3) is 10.8 Å². The van der Waals surface area contributed by atoms with Crippen molar-refractivity contribution in [3.05, 3.63) is 60.3 Å². The maximum Gasteiger partial charge on any atom is 0.216 e. The Hall–Kier alpha value is -3.08. The zero-order chi connectivity index (χ0) is 17.6. The minimum absolute atomic E-state index is 0.00407. The van der Waals surface area contributed by atoms with Crippen molar-refractivity contribution in [2.24, 2.45) is 0 Å². The van der Waals surface area contributed by atoms with Gasteiger partial charge >= 0.3 is 0 Å². The van der Waals surface area contributed by atoms with Gasteiger partial charge in [0.1, 0.15) is 11.5 Å². The minimum Gasteiger partial charge on any atom is -0.481 e. The van der Waals surface area contributed by atoms with Crippen LogP contribution in [0.2, 0.25) is 0 Å². The predicted octanol–water partition coefficient (Wildman–Crippen LogP) is 3.71. The van der Waals surface area contributed by atoms with E-state index >= 15 is 0 Å². The second kappa shape index (κ2) is 7.66. The van der Waals surface area contributed by atoms with Gasteiger partial charge in [-0.05, 0) is 41.0 Å². The lowest BCUT2D eigenvalue weighted by Gasteiger charge is -2.08. The highest BCUT2D eigenvalue weighted by Crippen LogP contribution is 2.26. The Labute approximate surface area is 146 Å². The zero-order valence-corrected chi connectivity index (χ0v) is 14.3. The molecule has 0 saturated heterocycles. The Morgan fingerprint density at radius 1 is 1.04 bits per heavy atom. The molecule has 2 aromatic carbocycles. The largest absolute Gasteiger partial charge is 0.481 e. The summed E-state index contributed by atoms with van der Waals surface area (Å²) >= 11 is 0. The zero-order valence-electron chi connectivity index (χ0n) is 14.3. The molecule has 0 aliphatic rings. The average molecular weight is 336 g/mol. The number of nitrogens with one attached hydrogen (secondary N) is 1. The molecule has 1 N–H and O–H groups in total. The summed E-state index contributed by atoms with van der Waals surface area (Å²) in [7, 11) is 1.58. The van der Waals surface area contributed by atoms with Crippen LogP contribution in [0.1, 0.15) is 12.5 Å². The van der Waals surface area contributed by atoms with Crippen molar-refractivity contribution in [3.8, 4) is 17.4 Å².